The van der Waals surface area contributed by atoms with E-state index in [1.165, 1.54) is 31.4 Å². The number of nitrogens with zero attached hydrogens (tertiary/aromatic N) is 1. The van der Waals surface area contributed by atoms with E-state index in [0.29, 0.717) is 17.1 Å². The topological polar surface area (TPSA) is 137 Å². The van der Waals surface area contributed by atoms with Gasteiger partial charge in [-0.2, -0.15) is 0 Å². The lowest BCUT2D eigenvalue weighted by Crippen LogP contribution is -2.21. The molecule has 2 N–H and O–H groups in total. The molecule has 10 heteroatoms. The second-order valence-corrected chi connectivity index (χ2v) is 6.11. The van der Waals surface area contributed by atoms with Crippen LogP contribution in [0.25, 0.3) is 0 Å². The molecule has 0 bridgehead atoms. The largest absolute Gasteiger partial charge is 0.495 e. The summed E-state index contributed by atoms with van der Waals surface area (Å²) in [5, 5.41) is 15.8. The monoisotopic (exact) mass is 415 g/mol. The van der Waals surface area contributed by atoms with Crippen molar-refractivity contribution in [3.8, 4) is 5.75 Å². The number of amides is 2. The first kappa shape index (κ1) is 22.3. The van der Waals surface area contributed by atoms with Crippen molar-refractivity contribution in [3.05, 3.63) is 58.6 Å². The standard InChI is InChI=1S/C20H21N3O7/c1-29-17-6-3-2-5-16(17)22-19(25)13-30-20(26)8-4-7-18(24)21-14-9-11-15(12-10-14)23(27)28/h2-3,5-6,9-12H,4,7-8,13H2,1H3,(H,21,24)(H,22,25). The SMILES string of the molecule is COc1ccccc1NC(=O)COC(=O)CCCC(=O)Nc1ccc([N+](=O)[O-])cc1. The quantitative estimate of drug-likeness (QED) is 0.346. The molecule has 0 aromatic heterocycles. The third-order valence-electron chi connectivity index (χ3n) is 3.89. The van der Waals surface area contributed by atoms with E-state index in [1.807, 2.05) is 0 Å². The number of esters is 1. The first-order valence-corrected chi connectivity index (χ1v) is 9.02. The third kappa shape index (κ3) is 7.23. The van der Waals surface area contributed by atoms with Crippen molar-refractivity contribution in [1.29, 1.82) is 0 Å². The molecular weight excluding hydrogens is 394 g/mol. The van der Waals surface area contributed by atoms with Crippen LogP contribution in [0.1, 0.15) is 19.3 Å². The van der Waals surface area contributed by atoms with Crippen LogP contribution in [0.15, 0.2) is 48.5 Å². The highest BCUT2D eigenvalue weighted by Gasteiger charge is 2.12. The van der Waals surface area contributed by atoms with Crippen LogP contribution in [-0.2, 0) is 19.1 Å². The van der Waals surface area contributed by atoms with Crippen molar-refractivity contribution in [1.82, 2.24) is 0 Å². The predicted octanol–water partition coefficient (Wildman–Crippen LogP) is 2.89. The Labute approximate surface area is 172 Å². The number of carbonyl (C=O) groups is 3. The molecule has 0 atom stereocenters. The minimum atomic E-state index is -0.603. The van der Waals surface area contributed by atoms with Crippen molar-refractivity contribution in [2.75, 3.05) is 24.4 Å². The molecule has 0 unspecified atom stereocenters. The van der Waals surface area contributed by atoms with E-state index in [-0.39, 0.29) is 30.9 Å². The van der Waals surface area contributed by atoms with Gasteiger partial charge in [-0.3, -0.25) is 24.5 Å². The Bertz CT molecular complexity index is 913. The summed E-state index contributed by atoms with van der Waals surface area (Å²) in [5.41, 5.74) is 0.802. The zero-order chi connectivity index (χ0) is 21.9. The average Bonchev–Trinajstić information content (AvgIpc) is 2.73. The van der Waals surface area contributed by atoms with Gasteiger partial charge in [0.15, 0.2) is 6.61 Å². The molecule has 2 aromatic rings. The molecule has 30 heavy (non-hydrogen) atoms. The number of nitro groups is 1. The van der Waals surface area contributed by atoms with Crippen LogP contribution in [0.4, 0.5) is 17.1 Å². The minimum Gasteiger partial charge on any atom is -0.495 e. The van der Waals surface area contributed by atoms with E-state index < -0.39 is 23.4 Å². The van der Waals surface area contributed by atoms with Gasteiger partial charge in [0.1, 0.15) is 5.75 Å². The van der Waals surface area contributed by atoms with Crippen LogP contribution in [0.5, 0.6) is 5.75 Å². The number of rotatable bonds is 10. The summed E-state index contributed by atoms with van der Waals surface area (Å²) in [6, 6.07) is 12.2. The number of nitro benzene ring substituents is 1. The molecule has 10 nitrogen and oxygen atoms in total. The van der Waals surface area contributed by atoms with Gasteiger partial charge in [-0.25, -0.2) is 0 Å². The van der Waals surface area contributed by atoms with Crippen LogP contribution in [0.2, 0.25) is 0 Å². The van der Waals surface area contributed by atoms with Crippen molar-refractivity contribution in [2.24, 2.45) is 0 Å². The van der Waals surface area contributed by atoms with Crippen LogP contribution >= 0.6 is 0 Å². The number of benzene rings is 2. The maximum Gasteiger partial charge on any atom is 0.306 e. The Morgan fingerprint density at radius 2 is 1.67 bits per heavy atom. The van der Waals surface area contributed by atoms with Crippen LogP contribution in [0, 0.1) is 10.1 Å². The maximum atomic E-state index is 11.9. The highest BCUT2D eigenvalue weighted by molar-refractivity contribution is 5.94. The van der Waals surface area contributed by atoms with Gasteiger partial charge in [-0.15, -0.1) is 0 Å². The van der Waals surface area contributed by atoms with Crippen LogP contribution in [-0.4, -0.2) is 36.4 Å². The second-order valence-electron chi connectivity index (χ2n) is 6.11. The number of anilines is 2. The zero-order valence-electron chi connectivity index (χ0n) is 16.3. The summed E-state index contributed by atoms with van der Waals surface area (Å²) in [6.07, 6.45) is 0.251. The summed E-state index contributed by atoms with van der Waals surface area (Å²) in [7, 11) is 1.47. The summed E-state index contributed by atoms with van der Waals surface area (Å²) in [4.78, 5) is 45.6. The van der Waals surface area contributed by atoms with Gasteiger partial charge in [0.2, 0.25) is 5.91 Å². The number of nitrogens with one attached hydrogen (secondary N) is 2. The van der Waals surface area contributed by atoms with E-state index >= 15 is 0 Å². The first-order chi connectivity index (χ1) is 14.4. The van der Waals surface area contributed by atoms with Gasteiger partial charge < -0.3 is 20.1 Å². The van der Waals surface area contributed by atoms with Crippen molar-refractivity contribution >= 4 is 34.8 Å². The van der Waals surface area contributed by atoms with Crippen LogP contribution in [0.3, 0.4) is 0 Å². The number of carbonyl (C=O) groups excluding carboxylic acids is 3. The molecule has 2 aromatic carbocycles. The van der Waals surface area contributed by atoms with Gasteiger partial charge in [0.05, 0.1) is 17.7 Å². The highest BCUT2D eigenvalue weighted by atomic mass is 16.6. The van der Waals surface area contributed by atoms with Crippen LogP contribution < -0.4 is 15.4 Å². The summed E-state index contributed by atoms with van der Waals surface area (Å²) >= 11 is 0. The molecule has 0 spiro atoms. The lowest BCUT2D eigenvalue weighted by atomic mass is 10.2. The molecule has 0 heterocycles. The molecule has 2 rings (SSSR count). The number of hydrogen-bond acceptors (Lipinski definition) is 7. The molecule has 2 amide bonds. The van der Waals surface area contributed by atoms with E-state index in [0.717, 1.165) is 0 Å². The Morgan fingerprint density at radius 1 is 0.967 bits per heavy atom. The fourth-order valence-corrected chi connectivity index (χ4v) is 2.44. The zero-order valence-corrected chi connectivity index (χ0v) is 16.3. The molecule has 158 valence electrons. The van der Waals surface area contributed by atoms with E-state index in [1.54, 1.807) is 24.3 Å². The highest BCUT2D eigenvalue weighted by Crippen LogP contribution is 2.22. The Morgan fingerprint density at radius 3 is 2.33 bits per heavy atom. The summed E-state index contributed by atoms with van der Waals surface area (Å²) < 4.78 is 10.0. The van der Waals surface area contributed by atoms with Gasteiger partial charge >= 0.3 is 5.97 Å². The lowest BCUT2D eigenvalue weighted by molar-refractivity contribution is -0.384. The molecule has 0 saturated heterocycles. The Hall–Kier alpha value is -3.95. The average molecular weight is 415 g/mol. The van der Waals surface area contributed by atoms with E-state index in [4.69, 9.17) is 9.47 Å². The van der Waals surface area contributed by atoms with Gasteiger partial charge in [0, 0.05) is 30.7 Å². The summed E-state index contributed by atoms with van der Waals surface area (Å²) in [6.45, 7) is -0.453. The smallest absolute Gasteiger partial charge is 0.306 e. The Kier molecular flexibility index (Phi) is 8.30. The summed E-state index contributed by atoms with van der Waals surface area (Å²) in [5.74, 6) is -0.973. The molecule has 0 radical (unpaired) electrons. The second kappa shape index (κ2) is 11.1. The molecule has 0 saturated carbocycles. The molecule has 0 aliphatic carbocycles. The molecule has 0 aliphatic heterocycles. The maximum absolute atomic E-state index is 11.9. The number of hydrogen-bond donors (Lipinski definition) is 2. The number of methoxy groups -OCH3 is 1. The lowest BCUT2D eigenvalue weighted by Gasteiger charge is -2.10. The minimum absolute atomic E-state index is 0.0321. The third-order valence-corrected chi connectivity index (χ3v) is 3.89. The van der Waals surface area contributed by atoms with Gasteiger partial charge in [-0.05, 0) is 30.7 Å². The van der Waals surface area contributed by atoms with Crippen molar-refractivity contribution in [3.63, 3.8) is 0 Å². The number of ether oxygens (including phenoxy) is 2. The fourth-order valence-electron chi connectivity index (χ4n) is 2.44. The van der Waals surface area contributed by atoms with Gasteiger partial charge in [-0.1, -0.05) is 12.1 Å². The molecule has 0 fully saturated rings. The molecule has 0 aliphatic rings. The molecular formula is C20H21N3O7. The number of non-ortho nitro benzene ring substituents is 1. The normalized spacial score (nSPS) is 10.0. The van der Waals surface area contributed by atoms with E-state index in [2.05, 4.69) is 10.6 Å². The fraction of sp³-hybridized carbons (Fsp3) is 0.250. The Balaban J connectivity index is 1.66. The predicted molar refractivity (Wildman–Crippen MR) is 108 cm³/mol. The van der Waals surface area contributed by atoms with E-state index in [9.17, 15) is 24.5 Å². The first-order valence-electron chi connectivity index (χ1n) is 9.02. The van der Waals surface area contributed by atoms with Crippen molar-refractivity contribution < 1.29 is 28.8 Å². The van der Waals surface area contributed by atoms with Crippen molar-refractivity contribution in [2.45, 2.75) is 19.3 Å². The van der Waals surface area contributed by atoms with Gasteiger partial charge in [0.25, 0.3) is 11.6 Å². The number of para-hydroxylation sites is 2.